The van der Waals surface area contributed by atoms with E-state index in [1.54, 1.807) is 0 Å². The summed E-state index contributed by atoms with van der Waals surface area (Å²) in [6, 6.07) is 0.283. The monoisotopic (exact) mass is 223 g/mol. The first-order valence-corrected chi connectivity index (χ1v) is 5.62. The number of carbonyl (C=O) groups is 1. The van der Waals surface area contributed by atoms with E-state index in [0.29, 0.717) is 13.0 Å². The summed E-state index contributed by atoms with van der Waals surface area (Å²) in [6.45, 7) is 3.59. The van der Waals surface area contributed by atoms with E-state index in [1.165, 1.54) is 6.33 Å². The third-order valence-corrected chi connectivity index (χ3v) is 2.99. The number of hydrogen-bond acceptors (Lipinski definition) is 4. The van der Waals surface area contributed by atoms with E-state index in [1.807, 2.05) is 6.92 Å². The van der Waals surface area contributed by atoms with E-state index in [4.69, 9.17) is 0 Å². The van der Waals surface area contributed by atoms with Gasteiger partial charge in [0.1, 0.15) is 12.2 Å². The van der Waals surface area contributed by atoms with Crippen LogP contribution in [0.4, 0.5) is 0 Å². The molecule has 2 heterocycles. The van der Waals surface area contributed by atoms with E-state index >= 15 is 0 Å². The molecule has 0 aliphatic carbocycles. The maximum atomic E-state index is 11.8. The number of nitrogens with one attached hydrogen (secondary N) is 3. The Morgan fingerprint density at radius 2 is 2.56 bits per heavy atom. The molecule has 1 aromatic heterocycles. The summed E-state index contributed by atoms with van der Waals surface area (Å²) in [7, 11) is 0. The van der Waals surface area contributed by atoms with Gasteiger partial charge in [0.2, 0.25) is 5.91 Å². The highest BCUT2D eigenvalue weighted by atomic mass is 16.1. The lowest BCUT2D eigenvalue weighted by atomic mass is 10.0. The fourth-order valence-corrected chi connectivity index (χ4v) is 2.00. The summed E-state index contributed by atoms with van der Waals surface area (Å²) >= 11 is 0. The van der Waals surface area contributed by atoms with Crippen LogP contribution in [-0.4, -0.2) is 40.2 Å². The van der Waals surface area contributed by atoms with Crippen molar-refractivity contribution in [2.75, 3.05) is 13.1 Å². The topological polar surface area (TPSA) is 82.7 Å². The van der Waals surface area contributed by atoms with Gasteiger partial charge in [0.05, 0.1) is 5.92 Å². The van der Waals surface area contributed by atoms with Crippen LogP contribution in [0.15, 0.2) is 6.33 Å². The molecule has 0 spiro atoms. The summed E-state index contributed by atoms with van der Waals surface area (Å²) in [5.74, 6) is 1.05. The first kappa shape index (κ1) is 11.1. The minimum atomic E-state index is 0.106. The zero-order valence-electron chi connectivity index (χ0n) is 9.36. The van der Waals surface area contributed by atoms with E-state index in [0.717, 1.165) is 18.8 Å². The van der Waals surface area contributed by atoms with Crippen LogP contribution in [-0.2, 0) is 11.2 Å². The molecule has 0 aromatic carbocycles. The molecule has 1 aliphatic rings. The molecule has 88 valence electrons. The van der Waals surface area contributed by atoms with E-state index in [-0.39, 0.29) is 17.9 Å². The van der Waals surface area contributed by atoms with Gasteiger partial charge in [0, 0.05) is 19.0 Å². The number of rotatable bonds is 4. The maximum absolute atomic E-state index is 11.8. The number of hydrogen-bond donors (Lipinski definition) is 3. The van der Waals surface area contributed by atoms with Crippen molar-refractivity contribution in [2.24, 2.45) is 5.92 Å². The van der Waals surface area contributed by atoms with Crippen LogP contribution >= 0.6 is 0 Å². The fourth-order valence-electron chi connectivity index (χ4n) is 2.00. The normalized spacial score (nSPS) is 24.6. The SMILES string of the molecule is CC1NCCC1C(=O)NCCc1ncn[nH]1. The number of aromatic amines is 1. The highest BCUT2D eigenvalue weighted by Crippen LogP contribution is 2.14. The van der Waals surface area contributed by atoms with Crippen molar-refractivity contribution in [3.05, 3.63) is 12.2 Å². The molecule has 2 rings (SSSR count). The second-order valence-electron chi connectivity index (χ2n) is 4.11. The summed E-state index contributed by atoms with van der Waals surface area (Å²) in [5.41, 5.74) is 0. The van der Waals surface area contributed by atoms with Crippen LogP contribution in [0.2, 0.25) is 0 Å². The van der Waals surface area contributed by atoms with Crippen LogP contribution in [0.25, 0.3) is 0 Å². The van der Waals surface area contributed by atoms with Gasteiger partial charge in [-0.1, -0.05) is 0 Å². The average Bonchev–Trinajstić information content (AvgIpc) is 2.88. The average molecular weight is 223 g/mol. The number of carbonyl (C=O) groups excluding carboxylic acids is 1. The van der Waals surface area contributed by atoms with Gasteiger partial charge >= 0.3 is 0 Å². The Hall–Kier alpha value is -1.43. The quantitative estimate of drug-likeness (QED) is 0.640. The largest absolute Gasteiger partial charge is 0.355 e. The molecule has 0 saturated carbocycles. The molecule has 2 atom stereocenters. The molecule has 3 N–H and O–H groups in total. The van der Waals surface area contributed by atoms with Gasteiger partial charge in [-0.25, -0.2) is 4.98 Å². The highest BCUT2D eigenvalue weighted by molar-refractivity contribution is 5.79. The maximum Gasteiger partial charge on any atom is 0.224 e. The first-order valence-electron chi connectivity index (χ1n) is 5.62. The summed E-state index contributed by atoms with van der Waals surface area (Å²) in [4.78, 5) is 15.8. The van der Waals surface area contributed by atoms with Crippen molar-refractivity contribution in [3.63, 3.8) is 0 Å². The van der Waals surface area contributed by atoms with Crippen molar-refractivity contribution in [3.8, 4) is 0 Å². The Labute approximate surface area is 94.2 Å². The molecule has 16 heavy (non-hydrogen) atoms. The summed E-state index contributed by atoms with van der Waals surface area (Å²) in [6.07, 6.45) is 3.09. The number of nitrogens with zero attached hydrogens (tertiary/aromatic N) is 2. The summed E-state index contributed by atoms with van der Waals surface area (Å²) < 4.78 is 0. The Morgan fingerprint density at radius 3 is 3.19 bits per heavy atom. The zero-order valence-corrected chi connectivity index (χ0v) is 9.36. The zero-order chi connectivity index (χ0) is 11.4. The van der Waals surface area contributed by atoms with Crippen LogP contribution in [0.3, 0.4) is 0 Å². The second-order valence-corrected chi connectivity index (χ2v) is 4.11. The van der Waals surface area contributed by atoms with Crippen LogP contribution < -0.4 is 10.6 Å². The van der Waals surface area contributed by atoms with E-state index in [9.17, 15) is 4.79 Å². The molecule has 1 saturated heterocycles. The van der Waals surface area contributed by atoms with Crippen molar-refractivity contribution in [1.29, 1.82) is 0 Å². The van der Waals surface area contributed by atoms with Gasteiger partial charge in [0.25, 0.3) is 0 Å². The summed E-state index contributed by atoms with van der Waals surface area (Å²) in [5, 5.41) is 12.7. The van der Waals surface area contributed by atoms with Gasteiger partial charge in [-0.05, 0) is 19.9 Å². The molecule has 1 amide bonds. The molecule has 1 fully saturated rings. The standard InChI is InChI=1S/C10H17N5O/c1-7-8(2-4-11-7)10(16)12-5-3-9-13-6-14-15-9/h6-8,11H,2-5H2,1H3,(H,12,16)(H,13,14,15). The Bertz CT molecular complexity index is 337. The third kappa shape index (κ3) is 2.57. The van der Waals surface area contributed by atoms with Crippen LogP contribution in [0.1, 0.15) is 19.2 Å². The van der Waals surface area contributed by atoms with E-state index in [2.05, 4.69) is 25.8 Å². The molecule has 6 heteroatoms. The lowest BCUT2D eigenvalue weighted by Gasteiger charge is -2.14. The number of H-pyrrole nitrogens is 1. The van der Waals surface area contributed by atoms with Gasteiger partial charge in [0.15, 0.2) is 0 Å². The molecule has 2 unspecified atom stereocenters. The number of amides is 1. The van der Waals surface area contributed by atoms with Crippen LogP contribution in [0, 0.1) is 5.92 Å². The molecule has 1 aromatic rings. The Kier molecular flexibility index (Phi) is 3.51. The molecule has 1 aliphatic heterocycles. The third-order valence-electron chi connectivity index (χ3n) is 2.99. The van der Waals surface area contributed by atoms with Gasteiger partial charge < -0.3 is 10.6 Å². The highest BCUT2D eigenvalue weighted by Gasteiger charge is 2.28. The molecular weight excluding hydrogens is 206 g/mol. The van der Waals surface area contributed by atoms with Crippen LogP contribution in [0.5, 0.6) is 0 Å². The smallest absolute Gasteiger partial charge is 0.224 e. The minimum absolute atomic E-state index is 0.106. The molecule has 0 radical (unpaired) electrons. The van der Waals surface area contributed by atoms with Gasteiger partial charge in [-0.15, -0.1) is 0 Å². The predicted octanol–water partition coefficient (Wildman–Crippen LogP) is -0.539. The van der Waals surface area contributed by atoms with Crippen molar-refractivity contribution in [1.82, 2.24) is 25.8 Å². The molecular formula is C10H17N5O. The molecule has 6 nitrogen and oxygen atoms in total. The molecule has 0 bridgehead atoms. The van der Waals surface area contributed by atoms with Crippen molar-refractivity contribution >= 4 is 5.91 Å². The Morgan fingerprint density at radius 1 is 1.69 bits per heavy atom. The first-order chi connectivity index (χ1) is 7.77. The van der Waals surface area contributed by atoms with Crippen molar-refractivity contribution in [2.45, 2.75) is 25.8 Å². The lowest BCUT2D eigenvalue weighted by Crippen LogP contribution is -2.37. The van der Waals surface area contributed by atoms with Crippen molar-refractivity contribution < 1.29 is 4.79 Å². The number of aromatic nitrogens is 3. The minimum Gasteiger partial charge on any atom is -0.355 e. The Balaban J connectivity index is 1.71. The van der Waals surface area contributed by atoms with Gasteiger partial charge in [-0.3, -0.25) is 9.89 Å². The van der Waals surface area contributed by atoms with E-state index < -0.39 is 0 Å². The fraction of sp³-hybridized carbons (Fsp3) is 0.700. The second kappa shape index (κ2) is 5.07. The lowest BCUT2D eigenvalue weighted by molar-refractivity contribution is -0.125. The van der Waals surface area contributed by atoms with Gasteiger partial charge in [-0.2, -0.15) is 5.10 Å². The predicted molar refractivity (Wildman–Crippen MR) is 58.7 cm³/mol.